The third kappa shape index (κ3) is 5.38. The molecule has 3 rings (SSSR count). The van der Waals surface area contributed by atoms with E-state index in [1.54, 1.807) is 38.1 Å². The molecule has 1 aliphatic carbocycles. The number of allylic oxidation sites excluding steroid dienone is 1. The number of ketones is 1. The highest BCUT2D eigenvalue weighted by Crippen LogP contribution is 2.35. The topological polar surface area (TPSA) is 97.4 Å². The van der Waals surface area contributed by atoms with E-state index in [2.05, 4.69) is 0 Å². The predicted molar refractivity (Wildman–Crippen MR) is 105 cm³/mol. The highest BCUT2D eigenvalue weighted by molar-refractivity contribution is 5.96. The first kappa shape index (κ1) is 21.8. The lowest BCUT2D eigenvalue weighted by Gasteiger charge is -2.36. The summed E-state index contributed by atoms with van der Waals surface area (Å²) >= 11 is 0. The minimum atomic E-state index is -0.412. The van der Waals surface area contributed by atoms with Crippen LogP contribution in [-0.4, -0.2) is 49.8 Å². The first-order chi connectivity index (χ1) is 14.5. The maximum Gasteiger partial charge on any atom is 0.338 e. The van der Waals surface area contributed by atoms with Gasteiger partial charge in [0.25, 0.3) is 0 Å². The van der Waals surface area contributed by atoms with Crippen LogP contribution in [0.5, 0.6) is 5.75 Å². The molecule has 30 heavy (non-hydrogen) atoms. The number of hydrogen-bond acceptors (Lipinski definition) is 8. The van der Waals surface area contributed by atoms with E-state index in [0.29, 0.717) is 43.8 Å². The molecular formula is C22H26O8. The fraction of sp³-hybridized carbons (Fsp3) is 0.500. The van der Waals surface area contributed by atoms with Crippen LogP contribution in [-0.2, 0) is 28.5 Å². The Morgan fingerprint density at radius 1 is 1.07 bits per heavy atom. The normalized spacial score (nSPS) is 22.9. The van der Waals surface area contributed by atoms with Crippen molar-refractivity contribution >= 4 is 17.7 Å². The van der Waals surface area contributed by atoms with Crippen molar-refractivity contribution in [2.24, 2.45) is 5.92 Å². The number of fused-ring (bicyclic) bond motifs is 1. The summed E-state index contributed by atoms with van der Waals surface area (Å²) in [6, 6.07) is 6.37. The van der Waals surface area contributed by atoms with Gasteiger partial charge in [-0.25, -0.2) is 9.59 Å². The summed E-state index contributed by atoms with van der Waals surface area (Å²) in [6.45, 7) is 3.99. The summed E-state index contributed by atoms with van der Waals surface area (Å²) in [5.74, 6) is -0.687. The van der Waals surface area contributed by atoms with Crippen LogP contribution in [0.15, 0.2) is 36.3 Å². The van der Waals surface area contributed by atoms with E-state index in [0.717, 1.165) is 0 Å². The molecular weight excluding hydrogens is 392 g/mol. The van der Waals surface area contributed by atoms with Gasteiger partial charge in [-0.15, -0.1) is 0 Å². The van der Waals surface area contributed by atoms with Gasteiger partial charge in [-0.2, -0.15) is 0 Å². The molecule has 3 atom stereocenters. The Labute approximate surface area is 175 Å². The zero-order valence-electron chi connectivity index (χ0n) is 17.1. The standard InChI is InChI=1S/C22H26O8/c1-3-26-20(23)13-28-16-9-10-17-18(11-16)29-12-19(21(17)24)30-15-7-5-14(6-8-15)22(25)27-4-2/h5-8,12,16-18H,3-4,9-11,13H2,1-2H3. The number of esters is 2. The highest BCUT2D eigenvalue weighted by Gasteiger charge is 2.41. The quantitative estimate of drug-likeness (QED) is 0.595. The maximum absolute atomic E-state index is 12.8. The zero-order valence-corrected chi connectivity index (χ0v) is 17.1. The SMILES string of the molecule is CCOC(=O)COC1CCC2C(=O)C(Oc3ccc(C(=O)OCC)cc3)=COC2C1. The summed E-state index contributed by atoms with van der Waals surface area (Å²) in [6.07, 6.45) is 2.62. The molecule has 1 aromatic rings. The van der Waals surface area contributed by atoms with Crippen LogP contribution < -0.4 is 4.74 Å². The molecule has 0 saturated heterocycles. The molecule has 3 unspecified atom stereocenters. The van der Waals surface area contributed by atoms with Gasteiger partial charge in [0.05, 0.1) is 30.8 Å². The van der Waals surface area contributed by atoms with Gasteiger partial charge in [0.15, 0.2) is 0 Å². The first-order valence-electron chi connectivity index (χ1n) is 10.1. The average Bonchev–Trinajstić information content (AvgIpc) is 2.75. The van der Waals surface area contributed by atoms with Crippen molar-refractivity contribution in [3.63, 3.8) is 0 Å². The summed E-state index contributed by atoms with van der Waals surface area (Å²) < 4.78 is 26.8. The van der Waals surface area contributed by atoms with Crippen LogP contribution in [0.4, 0.5) is 0 Å². The largest absolute Gasteiger partial charge is 0.493 e. The number of Topliss-reactive ketones (excluding diaryl/α,β-unsaturated/α-hetero) is 1. The monoisotopic (exact) mass is 418 g/mol. The maximum atomic E-state index is 12.8. The molecule has 0 amide bonds. The van der Waals surface area contributed by atoms with Crippen molar-refractivity contribution in [3.05, 3.63) is 41.9 Å². The summed E-state index contributed by atoms with van der Waals surface area (Å²) in [7, 11) is 0. The van der Waals surface area contributed by atoms with Gasteiger partial charge in [-0.3, -0.25) is 4.79 Å². The summed E-state index contributed by atoms with van der Waals surface area (Å²) in [5.41, 5.74) is 0.408. The third-order valence-corrected chi connectivity index (χ3v) is 5.01. The van der Waals surface area contributed by atoms with Gasteiger partial charge in [-0.1, -0.05) is 0 Å². The molecule has 0 bridgehead atoms. The second-order valence-corrected chi connectivity index (χ2v) is 7.03. The van der Waals surface area contributed by atoms with Gasteiger partial charge >= 0.3 is 11.9 Å². The minimum absolute atomic E-state index is 0.101. The Kier molecular flexibility index (Phi) is 7.46. The predicted octanol–water partition coefficient (Wildman–Crippen LogP) is 2.80. The number of rotatable bonds is 8. The van der Waals surface area contributed by atoms with E-state index in [-0.39, 0.29) is 36.3 Å². The Hall–Kier alpha value is -2.87. The Balaban J connectivity index is 1.55. The molecule has 0 radical (unpaired) electrons. The lowest BCUT2D eigenvalue weighted by molar-refractivity contribution is -0.154. The average molecular weight is 418 g/mol. The van der Waals surface area contributed by atoms with Crippen molar-refractivity contribution in [3.8, 4) is 5.75 Å². The van der Waals surface area contributed by atoms with Crippen molar-refractivity contribution < 1.29 is 38.1 Å². The number of carbonyl (C=O) groups is 3. The Bertz CT molecular complexity index is 798. The van der Waals surface area contributed by atoms with Crippen molar-refractivity contribution in [1.82, 2.24) is 0 Å². The van der Waals surface area contributed by atoms with E-state index >= 15 is 0 Å². The second kappa shape index (κ2) is 10.2. The van der Waals surface area contributed by atoms with Crippen LogP contribution in [0.25, 0.3) is 0 Å². The molecule has 1 aliphatic heterocycles. The first-order valence-corrected chi connectivity index (χ1v) is 10.1. The number of ether oxygens (including phenoxy) is 5. The van der Waals surface area contributed by atoms with Crippen LogP contribution in [0.3, 0.4) is 0 Å². The molecule has 8 nitrogen and oxygen atoms in total. The van der Waals surface area contributed by atoms with Gasteiger partial charge in [-0.05, 0) is 51.0 Å². The van der Waals surface area contributed by atoms with E-state index in [1.807, 2.05) is 0 Å². The van der Waals surface area contributed by atoms with Gasteiger partial charge in [0.2, 0.25) is 11.5 Å². The Morgan fingerprint density at radius 2 is 1.80 bits per heavy atom. The van der Waals surface area contributed by atoms with Gasteiger partial charge in [0, 0.05) is 6.42 Å². The van der Waals surface area contributed by atoms with Crippen LogP contribution in [0.2, 0.25) is 0 Å². The zero-order chi connectivity index (χ0) is 21.5. The number of benzene rings is 1. The second-order valence-electron chi connectivity index (χ2n) is 7.03. The van der Waals surface area contributed by atoms with Gasteiger partial charge < -0.3 is 23.7 Å². The molecule has 0 spiro atoms. The minimum Gasteiger partial charge on any atom is -0.493 e. The molecule has 0 aromatic heterocycles. The molecule has 1 fully saturated rings. The van der Waals surface area contributed by atoms with Crippen LogP contribution >= 0.6 is 0 Å². The highest BCUT2D eigenvalue weighted by atomic mass is 16.6. The van der Waals surface area contributed by atoms with Gasteiger partial charge in [0.1, 0.15) is 24.7 Å². The van der Waals surface area contributed by atoms with Crippen molar-refractivity contribution in [2.45, 2.75) is 45.3 Å². The molecule has 2 aliphatic rings. The molecule has 1 aromatic carbocycles. The number of hydrogen-bond donors (Lipinski definition) is 0. The van der Waals surface area contributed by atoms with Crippen molar-refractivity contribution in [2.75, 3.05) is 19.8 Å². The lowest BCUT2D eigenvalue weighted by Crippen LogP contribution is -2.42. The van der Waals surface area contributed by atoms with E-state index in [4.69, 9.17) is 23.7 Å². The Morgan fingerprint density at radius 3 is 2.50 bits per heavy atom. The van der Waals surface area contributed by atoms with E-state index < -0.39 is 11.9 Å². The van der Waals surface area contributed by atoms with Crippen molar-refractivity contribution in [1.29, 1.82) is 0 Å². The molecule has 162 valence electrons. The van der Waals surface area contributed by atoms with E-state index in [9.17, 15) is 14.4 Å². The summed E-state index contributed by atoms with van der Waals surface area (Å²) in [4.78, 5) is 36.0. The number of carbonyl (C=O) groups excluding carboxylic acids is 3. The smallest absolute Gasteiger partial charge is 0.338 e. The summed E-state index contributed by atoms with van der Waals surface area (Å²) in [5, 5.41) is 0. The molecule has 1 heterocycles. The van der Waals surface area contributed by atoms with E-state index in [1.165, 1.54) is 6.26 Å². The fourth-order valence-corrected chi connectivity index (χ4v) is 3.55. The lowest BCUT2D eigenvalue weighted by atomic mass is 9.80. The van der Waals surface area contributed by atoms with Crippen LogP contribution in [0, 0.1) is 5.92 Å². The molecule has 0 N–H and O–H groups in total. The molecule has 1 saturated carbocycles. The van der Waals surface area contributed by atoms with Crippen LogP contribution in [0.1, 0.15) is 43.5 Å². The third-order valence-electron chi connectivity index (χ3n) is 5.01. The fourth-order valence-electron chi connectivity index (χ4n) is 3.55. The molecule has 8 heteroatoms.